The molecule has 1 aromatic carbocycles. The normalized spacial score (nSPS) is 19.0. The number of carbonyl (C=O) groups excluding carboxylic acids is 1. The van der Waals surface area contributed by atoms with Gasteiger partial charge in [0.1, 0.15) is 18.2 Å². The van der Waals surface area contributed by atoms with E-state index in [4.69, 9.17) is 15.2 Å². The van der Waals surface area contributed by atoms with Crippen LogP contribution >= 0.6 is 0 Å². The Hall–Kier alpha value is -3.47. The maximum Gasteiger partial charge on any atom is 0.414 e. The number of nitrogens with two attached hydrogens (primary N) is 1. The van der Waals surface area contributed by atoms with Gasteiger partial charge in [-0.1, -0.05) is 12.1 Å². The number of fused-ring (bicyclic) bond motifs is 1. The molecule has 1 unspecified atom stereocenters. The molecule has 26 heavy (non-hydrogen) atoms. The zero-order valence-electron chi connectivity index (χ0n) is 14.4. The molecule has 1 aromatic heterocycles. The number of ether oxygens (including phenoxy) is 2. The van der Waals surface area contributed by atoms with Crippen LogP contribution in [-0.4, -0.2) is 29.0 Å². The third-order valence-electron chi connectivity index (χ3n) is 4.68. The van der Waals surface area contributed by atoms with Crippen LogP contribution in [0.5, 0.6) is 5.88 Å². The first-order chi connectivity index (χ1) is 12.5. The molecular weight excluding hydrogens is 334 g/mol. The second-order valence-electron chi connectivity index (χ2n) is 6.21. The predicted octanol–water partition coefficient (Wildman–Crippen LogP) is 1.90. The van der Waals surface area contributed by atoms with Gasteiger partial charge in [-0.15, -0.1) is 0 Å². The lowest BCUT2D eigenvalue weighted by Gasteiger charge is -2.25. The van der Waals surface area contributed by atoms with E-state index in [0.717, 1.165) is 22.5 Å². The summed E-state index contributed by atoms with van der Waals surface area (Å²) in [5.74, 6) is 0.258. The molecule has 0 bridgehead atoms. The molecule has 2 aliphatic heterocycles. The topological polar surface area (TPSA) is 106 Å². The van der Waals surface area contributed by atoms with E-state index in [1.54, 1.807) is 16.6 Å². The van der Waals surface area contributed by atoms with Crippen LogP contribution in [-0.2, 0) is 11.8 Å². The van der Waals surface area contributed by atoms with Crippen LogP contribution in [0, 0.1) is 18.3 Å². The molecule has 0 spiro atoms. The van der Waals surface area contributed by atoms with Gasteiger partial charge in [-0.2, -0.15) is 10.4 Å². The van der Waals surface area contributed by atoms with E-state index in [0.29, 0.717) is 24.6 Å². The minimum atomic E-state index is -0.364. The third kappa shape index (κ3) is 2.29. The van der Waals surface area contributed by atoms with Gasteiger partial charge in [0.2, 0.25) is 11.8 Å². The average Bonchev–Trinajstić information content (AvgIpc) is 3.17. The van der Waals surface area contributed by atoms with Crippen molar-refractivity contribution in [3.05, 3.63) is 52.5 Å². The molecule has 1 saturated heterocycles. The highest BCUT2D eigenvalue weighted by Crippen LogP contribution is 2.43. The van der Waals surface area contributed by atoms with Gasteiger partial charge < -0.3 is 15.2 Å². The number of amides is 1. The summed E-state index contributed by atoms with van der Waals surface area (Å²) in [7, 11) is 1.77. The van der Waals surface area contributed by atoms with E-state index >= 15 is 0 Å². The number of nitrogens with zero attached hydrogens (tertiary/aromatic N) is 4. The first kappa shape index (κ1) is 16.0. The Morgan fingerprint density at radius 2 is 2.08 bits per heavy atom. The van der Waals surface area contributed by atoms with Crippen molar-refractivity contribution >= 4 is 11.8 Å². The fourth-order valence-electron chi connectivity index (χ4n) is 3.48. The Kier molecular flexibility index (Phi) is 3.58. The Labute approximate surface area is 150 Å². The van der Waals surface area contributed by atoms with Crippen molar-refractivity contribution in [2.75, 3.05) is 18.1 Å². The number of hydrogen-bond acceptors (Lipinski definition) is 6. The van der Waals surface area contributed by atoms with Gasteiger partial charge in [-0.3, -0.25) is 4.90 Å². The van der Waals surface area contributed by atoms with E-state index in [1.165, 1.54) is 0 Å². The summed E-state index contributed by atoms with van der Waals surface area (Å²) in [5, 5.41) is 14.0. The van der Waals surface area contributed by atoms with Gasteiger partial charge in [0.25, 0.3) is 0 Å². The molecule has 132 valence electrons. The van der Waals surface area contributed by atoms with Crippen molar-refractivity contribution in [2.45, 2.75) is 12.8 Å². The van der Waals surface area contributed by atoms with E-state index in [1.807, 2.05) is 31.2 Å². The van der Waals surface area contributed by atoms with Crippen LogP contribution in [0.15, 0.2) is 35.7 Å². The van der Waals surface area contributed by atoms with Crippen molar-refractivity contribution < 1.29 is 14.3 Å². The van der Waals surface area contributed by atoms with Gasteiger partial charge in [0, 0.05) is 12.7 Å². The number of anilines is 1. The van der Waals surface area contributed by atoms with Crippen molar-refractivity contribution in [1.29, 1.82) is 5.26 Å². The maximum absolute atomic E-state index is 11.7. The smallest absolute Gasteiger partial charge is 0.414 e. The summed E-state index contributed by atoms with van der Waals surface area (Å²) in [6.45, 7) is 2.79. The lowest BCUT2D eigenvalue weighted by molar-refractivity contribution is 0.181. The second-order valence-corrected chi connectivity index (χ2v) is 6.21. The number of nitriles is 1. The summed E-state index contributed by atoms with van der Waals surface area (Å²) in [5.41, 5.74) is 9.56. The lowest BCUT2D eigenvalue weighted by atomic mass is 9.84. The zero-order valence-corrected chi connectivity index (χ0v) is 14.4. The zero-order chi connectivity index (χ0) is 18.4. The molecule has 0 aliphatic carbocycles. The number of hydrogen-bond donors (Lipinski definition) is 1. The summed E-state index contributed by atoms with van der Waals surface area (Å²) >= 11 is 0. The molecule has 0 saturated carbocycles. The van der Waals surface area contributed by atoms with Crippen LogP contribution in [0.1, 0.15) is 22.7 Å². The summed E-state index contributed by atoms with van der Waals surface area (Å²) in [6.07, 6.45) is -0.351. The molecule has 0 radical (unpaired) electrons. The number of cyclic esters (lactones) is 1. The molecular formula is C18H17N5O3. The highest BCUT2D eigenvalue weighted by atomic mass is 16.6. The number of benzene rings is 1. The number of aryl methyl sites for hydroxylation is 2. The molecule has 4 rings (SSSR count). The minimum absolute atomic E-state index is 0.0835. The van der Waals surface area contributed by atoms with E-state index in [2.05, 4.69) is 11.2 Å². The average molecular weight is 351 g/mol. The Bertz CT molecular complexity index is 968. The number of rotatable bonds is 2. The summed E-state index contributed by atoms with van der Waals surface area (Å²) in [4.78, 5) is 13.3. The van der Waals surface area contributed by atoms with E-state index < -0.39 is 0 Å². The second kappa shape index (κ2) is 5.81. The minimum Gasteiger partial charge on any atom is -0.447 e. The van der Waals surface area contributed by atoms with Gasteiger partial charge in [0.05, 0.1) is 23.7 Å². The Morgan fingerprint density at radius 3 is 2.69 bits per heavy atom. The van der Waals surface area contributed by atoms with Gasteiger partial charge in [0.15, 0.2) is 0 Å². The maximum atomic E-state index is 11.7. The van der Waals surface area contributed by atoms with Crippen LogP contribution in [0.2, 0.25) is 0 Å². The first-order valence-corrected chi connectivity index (χ1v) is 8.16. The van der Waals surface area contributed by atoms with Crippen LogP contribution < -0.4 is 15.4 Å². The molecule has 1 fully saturated rings. The molecule has 8 heteroatoms. The molecule has 1 amide bonds. The molecule has 3 heterocycles. The first-order valence-electron chi connectivity index (χ1n) is 8.16. The van der Waals surface area contributed by atoms with Crippen molar-refractivity contribution in [1.82, 2.24) is 9.78 Å². The lowest BCUT2D eigenvalue weighted by Crippen LogP contribution is -2.24. The fraction of sp³-hybridized carbons (Fsp3) is 0.278. The number of carbonyl (C=O) groups is 1. The predicted molar refractivity (Wildman–Crippen MR) is 92.4 cm³/mol. The largest absolute Gasteiger partial charge is 0.447 e. The Balaban J connectivity index is 1.79. The number of allylic oxidation sites excluding steroid dienone is 1. The summed E-state index contributed by atoms with van der Waals surface area (Å²) < 4.78 is 12.2. The Morgan fingerprint density at radius 1 is 1.35 bits per heavy atom. The monoisotopic (exact) mass is 351 g/mol. The van der Waals surface area contributed by atoms with Crippen molar-refractivity contribution in [2.24, 2.45) is 12.8 Å². The van der Waals surface area contributed by atoms with Gasteiger partial charge in [-0.25, -0.2) is 9.48 Å². The van der Waals surface area contributed by atoms with Gasteiger partial charge >= 0.3 is 6.09 Å². The SMILES string of the molecule is Cc1nn(C)c2c1C(c1ccc(N3CCOC3=O)cc1)C(C#N)=C(N)O2. The molecule has 1 atom stereocenters. The highest BCUT2D eigenvalue weighted by molar-refractivity contribution is 5.89. The molecule has 8 nitrogen and oxygen atoms in total. The molecule has 2 aliphatic rings. The molecule has 2 aromatic rings. The fourth-order valence-corrected chi connectivity index (χ4v) is 3.48. The van der Waals surface area contributed by atoms with Crippen LogP contribution in [0.25, 0.3) is 0 Å². The quantitative estimate of drug-likeness (QED) is 0.886. The molecule has 2 N–H and O–H groups in total. The van der Waals surface area contributed by atoms with Crippen LogP contribution in [0.4, 0.5) is 10.5 Å². The van der Waals surface area contributed by atoms with E-state index in [9.17, 15) is 10.1 Å². The summed E-state index contributed by atoms with van der Waals surface area (Å²) in [6, 6.07) is 9.62. The van der Waals surface area contributed by atoms with Gasteiger partial charge in [-0.05, 0) is 24.6 Å². The number of aromatic nitrogens is 2. The highest BCUT2D eigenvalue weighted by Gasteiger charge is 2.35. The van der Waals surface area contributed by atoms with Crippen molar-refractivity contribution in [3.8, 4) is 11.9 Å². The standard InChI is InChI=1S/C18H17N5O3/c1-10-14-15(13(9-19)16(20)26-17(14)22(2)21-10)11-3-5-12(6-4-11)23-7-8-25-18(23)24/h3-6,15H,7-8,20H2,1-2H3. The van der Waals surface area contributed by atoms with Crippen LogP contribution in [0.3, 0.4) is 0 Å². The van der Waals surface area contributed by atoms with Crippen molar-refractivity contribution in [3.63, 3.8) is 0 Å². The third-order valence-corrected chi connectivity index (χ3v) is 4.68. The van der Waals surface area contributed by atoms with E-state index in [-0.39, 0.29) is 17.9 Å².